The molecule has 0 spiro atoms. The molecule has 0 bridgehead atoms. The SMILES string of the molecule is C=CC(C)(C)c1cc(/C=C/C(=O)c2ccc(OC(=O)C(C)(C)C)cc2)c(OCC)cc1OC(=O)C(C)(C)C. The van der Waals surface area contributed by atoms with Gasteiger partial charge in [0, 0.05) is 28.2 Å². The first-order valence-electron chi connectivity index (χ1n) is 12.7. The van der Waals surface area contributed by atoms with Crippen molar-refractivity contribution >= 4 is 23.8 Å². The van der Waals surface area contributed by atoms with Crippen LogP contribution in [0, 0.1) is 10.8 Å². The second-order valence-corrected chi connectivity index (χ2v) is 11.7. The highest BCUT2D eigenvalue weighted by Gasteiger charge is 2.29. The van der Waals surface area contributed by atoms with Gasteiger partial charge in [-0.05, 0) is 91.0 Å². The summed E-state index contributed by atoms with van der Waals surface area (Å²) >= 11 is 0. The van der Waals surface area contributed by atoms with Gasteiger partial charge in [0.05, 0.1) is 17.4 Å². The average Bonchev–Trinajstić information content (AvgIpc) is 2.82. The van der Waals surface area contributed by atoms with Gasteiger partial charge < -0.3 is 14.2 Å². The topological polar surface area (TPSA) is 78.9 Å². The van der Waals surface area contributed by atoms with Gasteiger partial charge in [0.1, 0.15) is 17.2 Å². The summed E-state index contributed by atoms with van der Waals surface area (Å²) in [5, 5.41) is 0. The average molecular weight is 521 g/mol. The lowest BCUT2D eigenvalue weighted by Crippen LogP contribution is -2.27. The molecule has 6 nitrogen and oxygen atoms in total. The highest BCUT2D eigenvalue weighted by atomic mass is 16.5. The molecule has 0 aliphatic rings. The molecule has 0 N–H and O–H groups in total. The zero-order valence-electron chi connectivity index (χ0n) is 24.1. The lowest BCUT2D eigenvalue weighted by molar-refractivity contribution is -0.143. The largest absolute Gasteiger partial charge is 0.493 e. The molecule has 0 saturated carbocycles. The van der Waals surface area contributed by atoms with Crippen LogP contribution in [-0.2, 0) is 15.0 Å². The summed E-state index contributed by atoms with van der Waals surface area (Å²) in [6.07, 6.45) is 4.92. The molecule has 6 heteroatoms. The van der Waals surface area contributed by atoms with Crippen LogP contribution in [0.5, 0.6) is 17.2 Å². The molecule has 0 radical (unpaired) electrons. The lowest BCUT2D eigenvalue weighted by atomic mass is 9.83. The lowest BCUT2D eigenvalue weighted by Gasteiger charge is -2.26. The first kappa shape index (κ1) is 30.6. The second-order valence-electron chi connectivity index (χ2n) is 11.7. The summed E-state index contributed by atoms with van der Waals surface area (Å²) in [6.45, 7) is 20.8. The number of benzene rings is 2. The zero-order valence-corrected chi connectivity index (χ0v) is 24.1. The molecular formula is C32H40O6. The Hall–Kier alpha value is -3.67. The first-order chi connectivity index (χ1) is 17.5. The minimum atomic E-state index is -0.688. The molecule has 0 fully saturated rings. The Morgan fingerprint density at radius 1 is 0.816 bits per heavy atom. The highest BCUT2D eigenvalue weighted by Crippen LogP contribution is 2.39. The quantitative estimate of drug-likeness (QED) is 0.113. The van der Waals surface area contributed by atoms with Gasteiger partial charge in [0.15, 0.2) is 5.78 Å². The van der Waals surface area contributed by atoms with E-state index < -0.39 is 16.2 Å². The molecule has 0 heterocycles. The van der Waals surface area contributed by atoms with E-state index in [4.69, 9.17) is 14.2 Å². The predicted octanol–water partition coefficient (Wildman–Crippen LogP) is 7.35. The van der Waals surface area contributed by atoms with Crippen molar-refractivity contribution in [3.63, 3.8) is 0 Å². The van der Waals surface area contributed by atoms with E-state index in [2.05, 4.69) is 6.58 Å². The summed E-state index contributed by atoms with van der Waals surface area (Å²) in [7, 11) is 0. The molecule has 0 aliphatic carbocycles. The first-order valence-corrected chi connectivity index (χ1v) is 12.7. The number of esters is 2. The Morgan fingerprint density at radius 2 is 1.37 bits per heavy atom. The third-order valence-corrected chi connectivity index (χ3v) is 5.81. The van der Waals surface area contributed by atoms with Crippen LogP contribution in [0.2, 0.25) is 0 Å². The van der Waals surface area contributed by atoms with E-state index in [0.717, 1.165) is 5.56 Å². The van der Waals surface area contributed by atoms with E-state index >= 15 is 0 Å². The third kappa shape index (κ3) is 7.91. The zero-order chi connectivity index (χ0) is 28.9. The molecule has 0 aromatic heterocycles. The molecule has 0 atom stereocenters. The fraction of sp³-hybridized carbons (Fsp3) is 0.406. The number of carbonyl (C=O) groups is 3. The minimum Gasteiger partial charge on any atom is -0.493 e. The van der Waals surface area contributed by atoms with E-state index in [1.807, 2.05) is 26.8 Å². The van der Waals surface area contributed by atoms with Crippen LogP contribution < -0.4 is 14.2 Å². The van der Waals surface area contributed by atoms with Crippen molar-refractivity contribution in [2.45, 2.75) is 67.7 Å². The van der Waals surface area contributed by atoms with Crippen molar-refractivity contribution in [1.29, 1.82) is 0 Å². The van der Waals surface area contributed by atoms with Crippen molar-refractivity contribution in [2.75, 3.05) is 6.61 Å². The minimum absolute atomic E-state index is 0.228. The standard InChI is InChI=1S/C32H40O6/c1-11-32(9,10)24-19-22(26(36-12-2)20-27(24)38-29(35)31(6,7)8)15-18-25(33)21-13-16-23(17-14-21)37-28(34)30(3,4)5/h11,13-20H,1,12H2,2-10H3/b18-15+. The number of rotatable bonds is 9. The fourth-order valence-corrected chi connectivity index (χ4v) is 3.15. The van der Waals surface area contributed by atoms with Crippen LogP contribution >= 0.6 is 0 Å². The maximum atomic E-state index is 12.9. The van der Waals surface area contributed by atoms with Gasteiger partial charge in [-0.2, -0.15) is 0 Å². The number of hydrogen-bond acceptors (Lipinski definition) is 6. The van der Waals surface area contributed by atoms with Crippen molar-refractivity contribution in [3.8, 4) is 17.2 Å². The Bertz CT molecular complexity index is 1220. The number of ketones is 1. The van der Waals surface area contributed by atoms with E-state index in [1.54, 1.807) is 84.0 Å². The summed E-state index contributed by atoms with van der Waals surface area (Å²) in [4.78, 5) is 37.7. The summed E-state index contributed by atoms with van der Waals surface area (Å²) < 4.78 is 17.0. The van der Waals surface area contributed by atoms with E-state index in [1.165, 1.54) is 6.08 Å². The van der Waals surface area contributed by atoms with Crippen molar-refractivity contribution in [1.82, 2.24) is 0 Å². The number of allylic oxidation sites excluding steroid dienone is 2. The predicted molar refractivity (Wildman–Crippen MR) is 151 cm³/mol. The van der Waals surface area contributed by atoms with Gasteiger partial charge in [-0.25, -0.2) is 0 Å². The van der Waals surface area contributed by atoms with Gasteiger partial charge in [0.25, 0.3) is 0 Å². The molecule has 0 amide bonds. The van der Waals surface area contributed by atoms with Gasteiger partial charge >= 0.3 is 11.9 Å². The van der Waals surface area contributed by atoms with E-state index in [9.17, 15) is 14.4 Å². The molecular weight excluding hydrogens is 480 g/mol. The fourth-order valence-electron chi connectivity index (χ4n) is 3.15. The smallest absolute Gasteiger partial charge is 0.316 e. The van der Waals surface area contributed by atoms with Gasteiger partial charge in [-0.3, -0.25) is 14.4 Å². The van der Waals surface area contributed by atoms with Crippen molar-refractivity contribution in [3.05, 3.63) is 71.8 Å². The Labute approximate surface area is 226 Å². The van der Waals surface area contributed by atoms with Crippen LogP contribution in [0.25, 0.3) is 6.08 Å². The van der Waals surface area contributed by atoms with Gasteiger partial charge in [0.2, 0.25) is 0 Å². The monoisotopic (exact) mass is 520 g/mol. The van der Waals surface area contributed by atoms with Gasteiger partial charge in [-0.15, -0.1) is 6.58 Å². The molecule has 2 rings (SSSR count). The number of ether oxygens (including phenoxy) is 3. The number of carbonyl (C=O) groups excluding carboxylic acids is 3. The molecule has 204 valence electrons. The third-order valence-electron chi connectivity index (χ3n) is 5.81. The van der Waals surface area contributed by atoms with Crippen LogP contribution in [0.3, 0.4) is 0 Å². The molecule has 0 unspecified atom stereocenters. The summed E-state index contributed by atoms with van der Waals surface area (Å²) in [5.41, 5.74) is 0.00650. The van der Waals surface area contributed by atoms with Crippen LogP contribution in [0.1, 0.15) is 83.8 Å². The maximum absolute atomic E-state index is 12.9. The van der Waals surface area contributed by atoms with Crippen molar-refractivity contribution in [2.24, 2.45) is 10.8 Å². The maximum Gasteiger partial charge on any atom is 0.316 e. The molecule has 2 aromatic rings. The summed E-state index contributed by atoms with van der Waals surface area (Å²) in [5.74, 6) is 0.309. The molecule has 0 saturated heterocycles. The highest BCUT2D eigenvalue weighted by molar-refractivity contribution is 6.07. The second kappa shape index (κ2) is 11.8. The van der Waals surface area contributed by atoms with Crippen LogP contribution in [0.4, 0.5) is 0 Å². The molecule has 38 heavy (non-hydrogen) atoms. The Morgan fingerprint density at radius 3 is 1.87 bits per heavy atom. The Balaban J connectivity index is 2.42. The van der Waals surface area contributed by atoms with Gasteiger partial charge in [-0.1, -0.05) is 19.9 Å². The normalized spacial score (nSPS) is 12.2. The molecule has 0 aliphatic heterocycles. The van der Waals surface area contributed by atoms with Crippen LogP contribution in [-0.4, -0.2) is 24.3 Å². The Kier molecular flexibility index (Phi) is 9.49. The number of hydrogen-bond donors (Lipinski definition) is 0. The van der Waals surface area contributed by atoms with E-state index in [-0.39, 0.29) is 17.7 Å². The van der Waals surface area contributed by atoms with Crippen LogP contribution in [0.15, 0.2) is 55.1 Å². The van der Waals surface area contributed by atoms with Crippen molar-refractivity contribution < 1.29 is 28.6 Å². The molecule has 2 aromatic carbocycles. The summed E-state index contributed by atoms with van der Waals surface area (Å²) in [6, 6.07) is 9.97. The van der Waals surface area contributed by atoms with E-state index in [0.29, 0.717) is 35.0 Å².